The normalized spacial score (nSPS) is 17.7. The van der Waals surface area contributed by atoms with Crippen LogP contribution in [0.1, 0.15) is 54.9 Å². The lowest BCUT2D eigenvalue weighted by Gasteiger charge is -2.32. The summed E-state index contributed by atoms with van der Waals surface area (Å²) in [7, 11) is 0. The van der Waals surface area contributed by atoms with E-state index in [1.165, 1.54) is 5.38 Å². The highest BCUT2D eigenvalue weighted by atomic mass is 32.1. The van der Waals surface area contributed by atoms with Gasteiger partial charge in [-0.2, -0.15) is 13.2 Å². The number of thiophene rings is 1. The molecule has 1 aliphatic heterocycles. The van der Waals surface area contributed by atoms with Crippen LogP contribution in [0, 0.1) is 5.92 Å². The first-order valence-corrected chi connectivity index (χ1v) is 11.4. The zero-order valence-corrected chi connectivity index (χ0v) is 17.9. The van der Waals surface area contributed by atoms with Crippen LogP contribution in [-0.4, -0.2) is 42.6 Å². The van der Waals surface area contributed by atoms with E-state index in [-0.39, 0.29) is 39.9 Å². The molecule has 0 unspecified atom stereocenters. The first kappa shape index (κ1) is 21.9. The van der Waals surface area contributed by atoms with Crippen molar-refractivity contribution >= 4 is 39.2 Å². The van der Waals surface area contributed by atoms with Crippen molar-refractivity contribution in [3.8, 4) is 0 Å². The molecule has 2 fully saturated rings. The Hall–Kier alpha value is -2.36. The molecule has 0 atom stereocenters. The van der Waals surface area contributed by atoms with Crippen molar-refractivity contribution in [2.24, 2.45) is 5.92 Å². The summed E-state index contributed by atoms with van der Waals surface area (Å²) in [5, 5.41) is 4.22. The molecule has 168 valence electrons. The SMILES string of the molecule is CCC(=O)c1csc2c(C(F)(F)F)cc(N3CCC(OC(=O)NCC4CC4)CC3)nc12. The summed E-state index contributed by atoms with van der Waals surface area (Å²) in [6.45, 7) is 3.13. The molecule has 2 aliphatic rings. The van der Waals surface area contributed by atoms with Gasteiger partial charge in [0.1, 0.15) is 11.9 Å². The van der Waals surface area contributed by atoms with Crippen LogP contribution in [0.2, 0.25) is 0 Å². The molecule has 2 aromatic rings. The van der Waals surface area contributed by atoms with Gasteiger partial charge in [-0.3, -0.25) is 4.79 Å². The molecule has 4 rings (SSSR count). The molecule has 1 amide bonds. The van der Waals surface area contributed by atoms with Gasteiger partial charge in [-0.05, 0) is 24.8 Å². The fourth-order valence-corrected chi connectivity index (χ4v) is 4.75. The Labute approximate surface area is 181 Å². The van der Waals surface area contributed by atoms with E-state index in [2.05, 4.69) is 10.3 Å². The predicted octanol–water partition coefficient (Wildman–Crippen LogP) is 5.01. The number of ether oxygens (including phenoxy) is 1. The average Bonchev–Trinajstić information content (AvgIpc) is 3.48. The number of pyridine rings is 1. The van der Waals surface area contributed by atoms with E-state index < -0.39 is 17.8 Å². The molecule has 2 aromatic heterocycles. The number of amides is 1. The van der Waals surface area contributed by atoms with Crippen molar-refractivity contribution in [2.75, 3.05) is 24.5 Å². The van der Waals surface area contributed by atoms with Gasteiger partial charge in [-0.1, -0.05) is 6.92 Å². The van der Waals surface area contributed by atoms with Crippen molar-refractivity contribution in [1.29, 1.82) is 0 Å². The molecule has 0 bridgehead atoms. The van der Waals surface area contributed by atoms with E-state index >= 15 is 0 Å². The number of Topliss-reactive ketones (excluding diaryl/α,β-unsaturated/α-hetero) is 1. The second kappa shape index (κ2) is 8.64. The van der Waals surface area contributed by atoms with Crippen molar-refractivity contribution in [3.63, 3.8) is 0 Å². The third-order valence-corrected chi connectivity index (χ3v) is 6.71. The van der Waals surface area contributed by atoms with Crippen LogP contribution in [0.25, 0.3) is 10.2 Å². The Morgan fingerprint density at radius 3 is 2.58 bits per heavy atom. The maximum atomic E-state index is 13.7. The molecule has 10 heteroatoms. The van der Waals surface area contributed by atoms with Gasteiger partial charge < -0.3 is 15.0 Å². The highest BCUT2D eigenvalue weighted by Gasteiger charge is 2.36. The van der Waals surface area contributed by atoms with Crippen LogP contribution < -0.4 is 10.2 Å². The molecule has 6 nitrogen and oxygen atoms in total. The quantitative estimate of drug-likeness (QED) is 0.620. The van der Waals surface area contributed by atoms with Crippen LogP contribution in [0.5, 0.6) is 0 Å². The molecular weight excluding hydrogens is 431 g/mol. The summed E-state index contributed by atoms with van der Waals surface area (Å²) in [6, 6.07) is 1.06. The van der Waals surface area contributed by atoms with Gasteiger partial charge in [-0.15, -0.1) is 11.3 Å². The van der Waals surface area contributed by atoms with Gasteiger partial charge in [0, 0.05) is 44.3 Å². The van der Waals surface area contributed by atoms with Crippen molar-refractivity contribution < 1.29 is 27.5 Å². The van der Waals surface area contributed by atoms with Gasteiger partial charge >= 0.3 is 12.3 Å². The van der Waals surface area contributed by atoms with Crippen molar-refractivity contribution in [1.82, 2.24) is 10.3 Å². The van der Waals surface area contributed by atoms with Crippen LogP contribution in [0.15, 0.2) is 11.4 Å². The summed E-state index contributed by atoms with van der Waals surface area (Å²) in [5.74, 6) is 0.521. The Kier molecular flexibility index (Phi) is 6.09. The van der Waals surface area contributed by atoms with Crippen LogP contribution in [-0.2, 0) is 10.9 Å². The molecule has 0 aromatic carbocycles. The molecule has 1 saturated heterocycles. The maximum Gasteiger partial charge on any atom is 0.417 e. The summed E-state index contributed by atoms with van der Waals surface area (Å²) < 4.78 is 46.5. The Morgan fingerprint density at radius 2 is 1.97 bits per heavy atom. The number of piperidine rings is 1. The van der Waals surface area contributed by atoms with Gasteiger partial charge in [0.2, 0.25) is 0 Å². The smallest absolute Gasteiger partial charge is 0.417 e. The number of nitrogens with zero attached hydrogens (tertiary/aromatic N) is 2. The molecule has 1 aliphatic carbocycles. The number of halogens is 3. The number of ketones is 1. The van der Waals surface area contributed by atoms with E-state index in [4.69, 9.17) is 4.74 Å². The third kappa shape index (κ3) is 4.94. The summed E-state index contributed by atoms with van der Waals surface area (Å²) >= 11 is 0.898. The Morgan fingerprint density at radius 1 is 1.26 bits per heavy atom. The average molecular weight is 456 g/mol. The van der Waals surface area contributed by atoms with Crippen molar-refractivity contribution in [2.45, 2.75) is 51.3 Å². The standard InChI is InChI=1S/C21H24F3N3O3S/c1-2-16(28)14-11-31-19-15(21(22,23)24)9-17(26-18(14)19)27-7-5-13(6-8-27)30-20(29)25-10-12-3-4-12/h9,11-13H,2-8,10H2,1H3,(H,25,29). The number of carbonyl (C=O) groups excluding carboxylic acids is 2. The highest BCUT2D eigenvalue weighted by Crippen LogP contribution is 2.40. The molecule has 0 spiro atoms. The fraction of sp³-hybridized carbons (Fsp3) is 0.571. The molecule has 3 heterocycles. The number of anilines is 1. The van der Waals surface area contributed by atoms with Gasteiger partial charge in [0.05, 0.1) is 21.3 Å². The lowest BCUT2D eigenvalue weighted by molar-refractivity contribution is -0.136. The predicted molar refractivity (Wildman–Crippen MR) is 112 cm³/mol. The number of rotatable bonds is 6. The van der Waals surface area contributed by atoms with E-state index in [0.29, 0.717) is 38.4 Å². The zero-order valence-electron chi connectivity index (χ0n) is 17.1. The summed E-state index contributed by atoms with van der Waals surface area (Å²) in [6.07, 6.45) is -1.80. The largest absolute Gasteiger partial charge is 0.446 e. The second-order valence-electron chi connectivity index (χ2n) is 8.05. The third-order valence-electron chi connectivity index (χ3n) is 5.71. The molecule has 0 radical (unpaired) electrons. The lowest BCUT2D eigenvalue weighted by Crippen LogP contribution is -2.40. The van der Waals surface area contributed by atoms with E-state index in [0.717, 1.165) is 30.2 Å². The minimum Gasteiger partial charge on any atom is -0.446 e. The van der Waals surface area contributed by atoms with Gasteiger partial charge in [0.15, 0.2) is 5.78 Å². The minimum atomic E-state index is -4.55. The maximum absolute atomic E-state index is 13.7. The fourth-order valence-electron chi connectivity index (χ4n) is 3.70. The molecule has 1 saturated carbocycles. The van der Waals surface area contributed by atoms with E-state index in [1.807, 2.05) is 0 Å². The molecule has 31 heavy (non-hydrogen) atoms. The van der Waals surface area contributed by atoms with Gasteiger partial charge in [0.25, 0.3) is 0 Å². The number of hydrogen-bond donors (Lipinski definition) is 1. The first-order chi connectivity index (χ1) is 14.8. The topological polar surface area (TPSA) is 71.5 Å². The van der Waals surface area contributed by atoms with E-state index in [1.54, 1.807) is 11.8 Å². The van der Waals surface area contributed by atoms with Crippen LogP contribution >= 0.6 is 11.3 Å². The molecule has 1 N–H and O–H groups in total. The van der Waals surface area contributed by atoms with Gasteiger partial charge in [-0.25, -0.2) is 9.78 Å². The monoisotopic (exact) mass is 455 g/mol. The number of hydrogen-bond acceptors (Lipinski definition) is 6. The number of alkyl carbamates (subject to hydrolysis) is 1. The summed E-state index contributed by atoms with van der Waals surface area (Å²) in [5.41, 5.74) is -0.426. The minimum absolute atomic E-state index is 0.0152. The first-order valence-electron chi connectivity index (χ1n) is 10.5. The number of aromatic nitrogens is 1. The number of fused-ring (bicyclic) bond motifs is 1. The molecular formula is C21H24F3N3O3S. The van der Waals surface area contributed by atoms with E-state index in [9.17, 15) is 22.8 Å². The Balaban J connectivity index is 1.50. The number of nitrogens with one attached hydrogen (secondary N) is 1. The Bertz CT molecular complexity index is 979. The highest BCUT2D eigenvalue weighted by molar-refractivity contribution is 7.17. The lowest BCUT2D eigenvalue weighted by atomic mass is 10.1. The summed E-state index contributed by atoms with van der Waals surface area (Å²) in [4.78, 5) is 30.3. The van der Waals surface area contributed by atoms with Crippen LogP contribution in [0.4, 0.5) is 23.8 Å². The second-order valence-corrected chi connectivity index (χ2v) is 8.93. The van der Waals surface area contributed by atoms with Crippen LogP contribution in [0.3, 0.4) is 0 Å². The zero-order chi connectivity index (χ0) is 22.2. The number of carbonyl (C=O) groups is 2. The van der Waals surface area contributed by atoms with Crippen molar-refractivity contribution in [3.05, 3.63) is 22.6 Å². The number of alkyl halides is 3.